The standard InChI is InChI=1S/C14H21NO2/c1-3-14(2,16)11-15-9-6-10-17-13-8-5-4-7-12(13)15/h4-5,7-8,16H,3,6,9-11H2,1-2H3. The summed E-state index contributed by atoms with van der Waals surface area (Å²) in [5, 5.41) is 10.2. The molecule has 1 aliphatic heterocycles. The topological polar surface area (TPSA) is 32.7 Å². The van der Waals surface area contributed by atoms with Gasteiger partial charge in [0.2, 0.25) is 0 Å². The molecule has 17 heavy (non-hydrogen) atoms. The van der Waals surface area contributed by atoms with Crippen LogP contribution in [0.3, 0.4) is 0 Å². The maximum atomic E-state index is 10.2. The molecule has 94 valence electrons. The summed E-state index contributed by atoms with van der Waals surface area (Å²) >= 11 is 0. The Labute approximate surface area is 103 Å². The van der Waals surface area contributed by atoms with Gasteiger partial charge >= 0.3 is 0 Å². The predicted molar refractivity (Wildman–Crippen MR) is 69.7 cm³/mol. The van der Waals surface area contributed by atoms with Gasteiger partial charge in [-0.3, -0.25) is 0 Å². The molecule has 1 N–H and O–H groups in total. The Morgan fingerprint density at radius 2 is 2.18 bits per heavy atom. The number of nitrogens with zero attached hydrogens (tertiary/aromatic N) is 1. The molecular formula is C14H21NO2. The van der Waals surface area contributed by atoms with E-state index in [0.29, 0.717) is 6.54 Å². The smallest absolute Gasteiger partial charge is 0.142 e. The van der Waals surface area contributed by atoms with Crippen molar-refractivity contribution in [3.8, 4) is 5.75 Å². The lowest BCUT2D eigenvalue weighted by Crippen LogP contribution is -2.40. The molecule has 2 rings (SSSR count). The summed E-state index contributed by atoms with van der Waals surface area (Å²) in [5.41, 5.74) is 0.455. The number of para-hydroxylation sites is 2. The van der Waals surface area contributed by atoms with E-state index in [0.717, 1.165) is 37.4 Å². The van der Waals surface area contributed by atoms with E-state index in [-0.39, 0.29) is 0 Å². The maximum Gasteiger partial charge on any atom is 0.142 e. The zero-order valence-corrected chi connectivity index (χ0v) is 10.6. The van der Waals surface area contributed by atoms with Crippen LogP contribution in [-0.4, -0.2) is 30.4 Å². The molecular weight excluding hydrogens is 214 g/mol. The Morgan fingerprint density at radius 1 is 1.41 bits per heavy atom. The van der Waals surface area contributed by atoms with Crippen molar-refractivity contribution in [2.45, 2.75) is 32.3 Å². The first-order valence-corrected chi connectivity index (χ1v) is 6.31. The fraction of sp³-hybridized carbons (Fsp3) is 0.571. The van der Waals surface area contributed by atoms with Crippen molar-refractivity contribution in [1.29, 1.82) is 0 Å². The van der Waals surface area contributed by atoms with Crippen molar-refractivity contribution in [3.63, 3.8) is 0 Å². The number of aliphatic hydroxyl groups is 1. The molecule has 0 spiro atoms. The van der Waals surface area contributed by atoms with E-state index in [4.69, 9.17) is 4.74 Å². The second-order valence-corrected chi connectivity index (χ2v) is 4.94. The highest BCUT2D eigenvalue weighted by Crippen LogP contribution is 2.31. The summed E-state index contributed by atoms with van der Waals surface area (Å²) in [7, 11) is 0. The zero-order chi connectivity index (χ0) is 12.3. The Bertz CT molecular complexity index is 376. The minimum atomic E-state index is -0.641. The van der Waals surface area contributed by atoms with Gasteiger partial charge in [-0.25, -0.2) is 0 Å². The van der Waals surface area contributed by atoms with Gasteiger partial charge in [-0.1, -0.05) is 19.1 Å². The molecule has 1 unspecified atom stereocenters. The van der Waals surface area contributed by atoms with Crippen LogP contribution in [0.1, 0.15) is 26.7 Å². The number of fused-ring (bicyclic) bond motifs is 1. The van der Waals surface area contributed by atoms with Gasteiger partial charge in [0, 0.05) is 13.1 Å². The van der Waals surface area contributed by atoms with Crippen LogP contribution in [0.15, 0.2) is 24.3 Å². The predicted octanol–water partition coefficient (Wildman–Crippen LogP) is 2.44. The number of benzene rings is 1. The van der Waals surface area contributed by atoms with Gasteiger partial charge in [0.05, 0.1) is 17.9 Å². The maximum absolute atomic E-state index is 10.2. The van der Waals surface area contributed by atoms with Crippen LogP contribution in [0, 0.1) is 0 Å². The van der Waals surface area contributed by atoms with Crippen LogP contribution >= 0.6 is 0 Å². The highest BCUT2D eigenvalue weighted by molar-refractivity contribution is 5.59. The fourth-order valence-corrected chi connectivity index (χ4v) is 2.09. The number of anilines is 1. The molecule has 0 amide bonds. The van der Waals surface area contributed by atoms with Crippen LogP contribution < -0.4 is 9.64 Å². The monoisotopic (exact) mass is 235 g/mol. The molecule has 3 heteroatoms. The number of hydrogen-bond acceptors (Lipinski definition) is 3. The minimum absolute atomic E-state index is 0.641. The largest absolute Gasteiger partial charge is 0.491 e. The molecule has 1 atom stereocenters. The molecule has 0 fully saturated rings. The number of ether oxygens (including phenoxy) is 1. The molecule has 0 bridgehead atoms. The van der Waals surface area contributed by atoms with Gasteiger partial charge in [-0.2, -0.15) is 0 Å². The van der Waals surface area contributed by atoms with Crippen LogP contribution in [-0.2, 0) is 0 Å². The highest BCUT2D eigenvalue weighted by atomic mass is 16.5. The third-order valence-electron chi connectivity index (χ3n) is 3.33. The normalized spacial score (nSPS) is 18.9. The molecule has 1 heterocycles. The zero-order valence-electron chi connectivity index (χ0n) is 10.6. The Kier molecular flexibility index (Phi) is 3.57. The Hall–Kier alpha value is -1.22. The Balaban J connectivity index is 2.23. The summed E-state index contributed by atoms with van der Waals surface area (Å²) in [6.45, 7) is 6.25. The molecule has 1 aliphatic rings. The summed E-state index contributed by atoms with van der Waals surface area (Å²) in [5.74, 6) is 0.928. The molecule has 1 aromatic rings. The quantitative estimate of drug-likeness (QED) is 0.873. The summed E-state index contributed by atoms with van der Waals surface area (Å²) < 4.78 is 5.70. The summed E-state index contributed by atoms with van der Waals surface area (Å²) in [4.78, 5) is 2.23. The third kappa shape index (κ3) is 2.91. The molecule has 0 radical (unpaired) electrons. The lowest BCUT2D eigenvalue weighted by molar-refractivity contribution is 0.0630. The summed E-state index contributed by atoms with van der Waals surface area (Å²) in [6.07, 6.45) is 1.75. The van der Waals surface area contributed by atoms with Crippen LogP contribution in [0.2, 0.25) is 0 Å². The van der Waals surface area contributed by atoms with E-state index < -0.39 is 5.60 Å². The number of β-amino-alcohol motifs (C(OH)–C–C–N with tert-alkyl or cyclic N) is 1. The van der Waals surface area contributed by atoms with Crippen molar-refractivity contribution in [2.24, 2.45) is 0 Å². The molecule has 0 aromatic heterocycles. The lowest BCUT2D eigenvalue weighted by Gasteiger charge is -2.32. The molecule has 0 saturated carbocycles. The first kappa shape index (κ1) is 12.2. The van der Waals surface area contributed by atoms with Gasteiger partial charge in [0.15, 0.2) is 0 Å². The lowest BCUT2D eigenvalue weighted by atomic mass is 10.0. The molecule has 1 aromatic carbocycles. The molecule has 3 nitrogen and oxygen atoms in total. The van der Waals surface area contributed by atoms with Gasteiger partial charge in [0.25, 0.3) is 0 Å². The second-order valence-electron chi connectivity index (χ2n) is 4.94. The third-order valence-corrected chi connectivity index (χ3v) is 3.33. The van der Waals surface area contributed by atoms with E-state index >= 15 is 0 Å². The summed E-state index contributed by atoms with van der Waals surface area (Å²) in [6, 6.07) is 8.06. The van der Waals surface area contributed by atoms with Gasteiger partial charge in [-0.05, 0) is 31.9 Å². The second kappa shape index (κ2) is 4.96. The molecule has 0 saturated heterocycles. The van der Waals surface area contributed by atoms with Crippen molar-refractivity contribution in [1.82, 2.24) is 0 Å². The van der Waals surface area contributed by atoms with Gasteiger partial charge < -0.3 is 14.7 Å². The first-order valence-electron chi connectivity index (χ1n) is 6.31. The van der Waals surface area contributed by atoms with Crippen molar-refractivity contribution in [3.05, 3.63) is 24.3 Å². The van der Waals surface area contributed by atoms with Crippen LogP contribution in [0.25, 0.3) is 0 Å². The van der Waals surface area contributed by atoms with Crippen molar-refractivity contribution >= 4 is 5.69 Å². The number of rotatable bonds is 3. The Morgan fingerprint density at radius 3 is 2.94 bits per heavy atom. The van der Waals surface area contributed by atoms with E-state index in [1.54, 1.807) is 0 Å². The van der Waals surface area contributed by atoms with Crippen LogP contribution in [0.5, 0.6) is 5.75 Å². The highest BCUT2D eigenvalue weighted by Gasteiger charge is 2.24. The fourth-order valence-electron chi connectivity index (χ4n) is 2.09. The van der Waals surface area contributed by atoms with E-state index in [1.807, 2.05) is 32.0 Å². The average molecular weight is 235 g/mol. The first-order chi connectivity index (χ1) is 8.12. The van der Waals surface area contributed by atoms with E-state index in [2.05, 4.69) is 11.0 Å². The van der Waals surface area contributed by atoms with Gasteiger partial charge in [0.1, 0.15) is 5.75 Å². The van der Waals surface area contributed by atoms with Crippen molar-refractivity contribution in [2.75, 3.05) is 24.6 Å². The van der Waals surface area contributed by atoms with Crippen molar-refractivity contribution < 1.29 is 9.84 Å². The SMILES string of the molecule is CCC(C)(O)CN1CCCOc2ccccc21. The van der Waals surface area contributed by atoms with Gasteiger partial charge in [-0.15, -0.1) is 0 Å². The molecule has 0 aliphatic carbocycles. The van der Waals surface area contributed by atoms with Crippen LogP contribution in [0.4, 0.5) is 5.69 Å². The van der Waals surface area contributed by atoms with E-state index in [9.17, 15) is 5.11 Å². The minimum Gasteiger partial charge on any atom is -0.491 e. The van der Waals surface area contributed by atoms with E-state index in [1.165, 1.54) is 0 Å². The number of hydrogen-bond donors (Lipinski definition) is 1. The average Bonchev–Trinajstić information content (AvgIpc) is 2.52.